The smallest absolute Gasteiger partial charge is 0.164 e. The Kier molecular flexibility index (Phi) is 3.34. The first-order chi connectivity index (χ1) is 9.58. The Morgan fingerprint density at radius 3 is 2.80 bits per heavy atom. The summed E-state index contributed by atoms with van der Waals surface area (Å²) in [6.07, 6.45) is 0. The Balaban J connectivity index is 2.11. The summed E-state index contributed by atoms with van der Waals surface area (Å²) in [5, 5.41) is 12.5. The number of hydrogen-bond acceptors (Lipinski definition) is 3. The Morgan fingerprint density at radius 1 is 1.25 bits per heavy atom. The summed E-state index contributed by atoms with van der Waals surface area (Å²) >= 11 is 0. The Morgan fingerprint density at radius 2 is 2.05 bits per heavy atom. The van der Waals surface area contributed by atoms with Gasteiger partial charge >= 0.3 is 0 Å². The van der Waals surface area contributed by atoms with Crippen molar-refractivity contribution >= 4 is 0 Å². The molecule has 2 heterocycles. The van der Waals surface area contributed by atoms with Crippen LogP contribution >= 0.6 is 0 Å². The van der Waals surface area contributed by atoms with Crippen LogP contribution in [0.1, 0.15) is 36.8 Å². The van der Waals surface area contributed by atoms with Gasteiger partial charge in [0.2, 0.25) is 0 Å². The third-order valence-corrected chi connectivity index (χ3v) is 4.06. The van der Waals surface area contributed by atoms with Crippen LogP contribution in [0, 0.1) is 19.8 Å². The molecule has 3 rings (SSSR count). The van der Waals surface area contributed by atoms with Crippen molar-refractivity contribution in [1.82, 2.24) is 20.1 Å². The van der Waals surface area contributed by atoms with Crippen molar-refractivity contribution in [3.05, 3.63) is 35.2 Å². The van der Waals surface area contributed by atoms with Crippen molar-refractivity contribution in [2.24, 2.45) is 5.92 Å². The summed E-state index contributed by atoms with van der Waals surface area (Å²) in [4.78, 5) is 0. The van der Waals surface area contributed by atoms with Crippen LogP contribution < -0.4 is 5.32 Å². The average molecular weight is 270 g/mol. The van der Waals surface area contributed by atoms with Gasteiger partial charge in [-0.25, -0.2) is 0 Å². The SMILES string of the molecule is Cc1ccc(C)c(-c2nnc3n2CCNC3C(C)C)c1. The van der Waals surface area contributed by atoms with Gasteiger partial charge in [0, 0.05) is 18.7 Å². The lowest BCUT2D eigenvalue weighted by Gasteiger charge is -2.27. The maximum Gasteiger partial charge on any atom is 0.164 e. The second-order valence-corrected chi connectivity index (χ2v) is 6.03. The number of nitrogens with one attached hydrogen (secondary N) is 1. The number of aryl methyl sites for hydroxylation is 2. The van der Waals surface area contributed by atoms with Gasteiger partial charge in [0.15, 0.2) is 11.6 Å². The molecule has 2 aromatic rings. The Hall–Kier alpha value is -1.68. The van der Waals surface area contributed by atoms with E-state index in [1.807, 2.05) is 0 Å². The lowest BCUT2D eigenvalue weighted by Crippen LogP contribution is -2.36. The first-order valence-corrected chi connectivity index (χ1v) is 7.32. The zero-order valence-electron chi connectivity index (χ0n) is 12.6. The molecule has 1 N–H and O–H groups in total. The van der Waals surface area contributed by atoms with Gasteiger partial charge in [0.1, 0.15) is 0 Å². The molecule has 1 atom stereocenters. The molecule has 4 heteroatoms. The van der Waals surface area contributed by atoms with Crippen LogP contribution in [-0.2, 0) is 6.54 Å². The normalized spacial score (nSPS) is 18.4. The van der Waals surface area contributed by atoms with Crippen LogP contribution in [0.25, 0.3) is 11.4 Å². The predicted octanol–water partition coefficient (Wildman–Crippen LogP) is 2.86. The zero-order chi connectivity index (χ0) is 14.3. The lowest BCUT2D eigenvalue weighted by atomic mass is 10.0. The van der Waals surface area contributed by atoms with Gasteiger partial charge in [0.25, 0.3) is 0 Å². The highest BCUT2D eigenvalue weighted by Crippen LogP contribution is 2.29. The molecule has 0 amide bonds. The fourth-order valence-corrected chi connectivity index (χ4v) is 2.90. The van der Waals surface area contributed by atoms with Crippen LogP contribution in [0.3, 0.4) is 0 Å². The molecule has 1 unspecified atom stereocenters. The summed E-state index contributed by atoms with van der Waals surface area (Å²) in [6.45, 7) is 10.6. The molecule has 0 aliphatic carbocycles. The zero-order valence-corrected chi connectivity index (χ0v) is 12.6. The second-order valence-electron chi connectivity index (χ2n) is 6.03. The molecule has 1 aliphatic rings. The highest BCUT2D eigenvalue weighted by molar-refractivity contribution is 5.61. The van der Waals surface area contributed by atoms with Crippen molar-refractivity contribution in [2.75, 3.05) is 6.54 Å². The van der Waals surface area contributed by atoms with Gasteiger partial charge in [0.05, 0.1) is 6.04 Å². The third-order valence-electron chi connectivity index (χ3n) is 4.06. The van der Waals surface area contributed by atoms with E-state index in [2.05, 4.69) is 66.0 Å². The van der Waals surface area contributed by atoms with Gasteiger partial charge < -0.3 is 9.88 Å². The molecule has 0 bridgehead atoms. The van der Waals surface area contributed by atoms with E-state index in [-0.39, 0.29) is 0 Å². The topological polar surface area (TPSA) is 42.7 Å². The summed E-state index contributed by atoms with van der Waals surface area (Å²) < 4.78 is 2.28. The van der Waals surface area contributed by atoms with E-state index in [4.69, 9.17) is 0 Å². The van der Waals surface area contributed by atoms with E-state index < -0.39 is 0 Å². The molecule has 20 heavy (non-hydrogen) atoms. The number of aromatic nitrogens is 3. The van der Waals surface area contributed by atoms with E-state index in [0.717, 1.165) is 24.7 Å². The van der Waals surface area contributed by atoms with E-state index >= 15 is 0 Å². The molecular formula is C16H22N4. The monoisotopic (exact) mass is 270 g/mol. The van der Waals surface area contributed by atoms with E-state index in [1.54, 1.807) is 0 Å². The van der Waals surface area contributed by atoms with Crippen molar-refractivity contribution in [3.63, 3.8) is 0 Å². The fraction of sp³-hybridized carbons (Fsp3) is 0.500. The molecular weight excluding hydrogens is 248 g/mol. The van der Waals surface area contributed by atoms with E-state index in [9.17, 15) is 0 Å². The van der Waals surface area contributed by atoms with Crippen molar-refractivity contribution < 1.29 is 0 Å². The highest BCUT2D eigenvalue weighted by atomic mass is 15.3. The third kappa shape index (κ3) is 2.14. The van der Waals surface area contributed by atoms with Gasteiger partial charge in [-0.1, -0.05) is 31.5 Å². The van der Waals surface area contributed by atoms with E-state index in [0.29, 0.717) is 12.0 Å². The number of fused-ring (bicyclic) bond motifs is 1. The first kappa shape index (κ1) is 13.3. The van der Waals surface area contributed by atoms with Crippen LogP contribution in [0.2, 0.25) is 0 Å². The minimum absolute atomic E-state index is 0.301. The summed E-state index contributed by atoms with van der Waals surface area (Å²) in [5.74, 6) is 2.60. The van der Waals surface area contributed by atoms with Crippen molar-refractivity contribution in [1.29, 1.82) is 0 Å². The molecule has 106 valence electrons. The summed E-state index contributed by atoms with van der Waals surface area (Å²) in [6, 6.07) is 6.81. The molecule has 1 aromatic carbocycles. The quantitative estimate of drug-likeness (QED) is 0.912. The minimum atomic E-state index is 0.301. The van der Waals surface area contributed by atoms with Crippen molar-refractivity contribution in [2.45, 2.75) is 40.3 Å². The average Bonchev–Trinajstić information content (AvgIpc) is 2.85. The summed E-state index contributed by atoms with van der Waals surface area (Å²) in [7, 11) is 0. The molecule has 0 saturated carbocycles. The fourth-order valence-electron chi connectivity index (χ4n) is 2.90. The van der Waals surface area contributed by atoms with Gasteiger partial charge in [-0.3, -0.25) is 0 Å². The number of hydrogen-bond donors (Lipinski definition) is 1. The van der Waals surface area contributed by atoms with Gasteiger partial charge in [-0.2, -0.15) is 0 Å². The van der Waals surface area contributed by atoms with Gasteiger partial charge in [-0.15, -0.1) is 10.2 Å². The maximum atomic E-state index is 4.48. The molecule has 0 radical (unpaired) electrons. The van der Waals surface area contributed by atoms with Gasteiger partial charge in [-0.05, 0) is 31.4 Å². The first-order valence-electron chi connectivity index (χ1n) is 7.32. The number of rotatable bonds is 2. The molecule has 4 nitrogen and oxygen atoms in total. The van der Waals surface area contributed by atoms with Crippen LogP contribution in [0.5, 0.6) is 0 Å². The number of nitrogens with zero attached hydrogens (tertiary/aromatic N) is 3. The lowest BCUT2D eigenvalue weighted by molar-refractivity contribution is 0.339. The van der Waals surface area contributed by atoms with E-state index in [1.165, 1.54) is 16.7 Å². The predicted molar refractivity (Wildman–Crippen MR) is 80.5 cm³/mol. The standard InChI is InChI=1S/C16H22N4/c1-10(2)14-16-19-18-15(20(16)8-7-17-14)13-9-11(3)5-6-12(13)4/h5-6,9-10,14,17H,7-8H2,1-4H3. The molecule has 0 spiro atoms. The molecule has 0 fully saturated rings. The molecule has 1 aromatic heterocycles. The largest absolute Gasteiger partial charge is 0.308 e. The van der Waals surface area contributed by atoms with Crippen LogP contribution in [-0.4, -0.2) is 21.3 Å². The van der Waals surface area contributed by atoms with Crippen LogP contribution in [0.4, 0.5) is 0 Å². The minimum Gasteiger partial charge on any atom is -0.308 e. The Bertz CT molecular complexity index is 627. The molecule has 1 aliphatic heterocycles. The second kappa shape index (κ2) is 5.02. The summed E-state index contributed by atoms with van der Waals surface area (Å²) in [5.41, 5.74) is 3.72. The maximum absolute atomic E-state index is 4.48. The van der Waals surface area contributed by atoms with Crippen LogP contribution in [0.15, 0.2) is 18.2 Å². The number of benzene rings is 1. The van der Waals surface area contributed by atoms with Crippen molar-refractivity contribution in [3.8, 4) is 11.4 Å². The molecule has 0 saturated heterocycles. The Labute approximate surface area is 120 Å². The highest BCUT2D eigenvalue weighted by Gasteiger charge is 2.27.